The van der Waals surface area contributed by atoms with Gasteiger partial charge in [0, 0.05) is 4.91 Å². The SMILES string of the molecule is C=CCC(CC=C)(N=[N+]=[N-])c1cccc(C(C)C)c1. The molecule has 0 fully saturated rings. The number of benzene rings is 1. The molecular formula is C16H21N3. The van der Waals surface area contributed by atoms with Gasteiger partial charge in [-0.25, -0.2) is 0 Å². The van der Waals surface area contributed by atoms with Gasteiger partial charge in [-0.3, -0.25) is 0 Å². The Morgan fingerprint density at radius 1 is 1.32 bits per heavy atom. The lowest BCUT2D eigenvalue weighted by Gasteiger charge is -2.27. The molecule has 1 rings (SSSR count). The summed E-state index contributed by atoms with van der Waals surface area (Å²) >= 11 is 0. The maximum atomic E-state index is 8.88. The smallest absolute Gasteiger partial charge is 0.0806 e. The quantitative estimate of drug-likeness (QED) is 0.268. The van der Waals surface area contributed by atoms with Gasteiger partial charge >= 0.3 is 0 Å². The zero-order valence-electron chi connectivity index (χ0n) is 11.7. The van der Waals surface area contributed by atoms with Crippen LogP contribution in [0.4, 0.5) is 0 Å². The van der Waals surface area contributed by atoms with Crippen LogP contribution in [0.3, 0.4) is 0 Å². The maximum Gasteiger partial charge on any atom is 0.0806 e. The lowest BCUT2D eigenvalue weighted by Crippen LogP contribution is -2.21. The van der Waals surface area contributed by atoms with Gasteiger partial charge in [0.05, 0.1) is 5.54 Å². The molecule has 0 aliphatic carbocycles. The third-order valence-electron chi connectivity index (χ3n) is 3.29. The van der Waals surface area contributed by atoms with Crippen LogP contribution >= 0.6 is 0 Å². The van der Waals surface area contributed by atoms with E-state index in [2.05, 4.69) is 49.2 Å². The van der Waals surface area contributed by atoms with Gasteiger partial charge in [0.25, 0.3) is 0 Å². The van der Waals surface area contributed by atoms with Crippen LogP contribution in [0, 0.1) is 0 Å². The Bertz CT molecular complexity index is 486. The van der Waals surface area contributed by atoms with Gasteiger partial charge in [0.1, 0.15) is 0 Å². The van der Waals surface area contributed by atoms with Gasteiger partial charge in [0.2, 0.25) is 0 Å². The summed E-state index contributed by atoms with van der Waals surface area (Å²) in [5.41, 5.74) is 10.5. The zero-order valence-corrected chi connectivity index (χ0v) is 11.7. The van der Waals surface area contributed by atoms with Gasteiger partial charge in [0.15, 0.2) is 0 Å². The Kier molecular flexibility index (Phi) is 5.40. The van der Waals surface area contributed by atoms with Crippen LogP contribution in [-0.4, -0.2) is 0 Å². The lowest BCUT2D eigenvalue weighted by molar-refractivity contribution is 0.453. The highest BCUT2D eigenvalue weighted by Gasteiger charge is 2.28. The average Bonchev–Trinajstić information content (AvgIpc) is 2.39. The van der Waals surface area contributed by atoms with E-state index in [0.29, 0.717) is 18.8 Å². The molecule has 1 aromatic carbocycles. The van der Waals surface area contributed by atoms with E-state index in [9.17, 15) is 0 Å². The summed E-state index contributed by atoms with van der Waals surface area (Å²) in [7, 11) is 0. The first-order chi connectivity index (χ1) is 9.09. The van der Waals surface area contributed by atoms with E-state index in [4.69, 9.17) is 5.53 Å². The molecule has 0 bridgehead atoms. The van der Waals surface area contributed by atoms with E-state index in [1.807, 2.05) is 12.1 Å². The minimum Gasteiger partial charge on any atom is -0.103 e. The van der Waals surface area contributed by atoms with Crippen molar-refractivity contribution in [2.45, 2.75) is 38.1 Å². The fraction of sp³-hybridized carbons (Fsp3) is 0.375. The maximum absolute atomic E-state index is 8.88. The average molecular weight is 255 g/mol. The van der Waals surface area contributed by atoms with Gasteiger partial charge in [-0.15, -0.1) is 13.2 Å². The summed E-state index contributed by atoms with van der Waals surface area (Å²) in [5.74, 6) is 0.441. The number of nitrogens with zero attached hydrogens (tertiary/aromatic N) is 3. The summed E-state index contributed by atoms with van der Waals surface area (Å²) in [6, 6.07) is 8.23. The van der Waals surface area contributed by atoms with Crippen molar-refractivity contribution < 1.29 is 0 Å². The molecular weight excluding hydrogens is 234 g/mol. The third kappa shape index (κ3) is 3.49. The van der Waals surface area contributed by atoms with Gasteiger partial charge in [-0.1, -0.05) is 55.4 Å². The molecule has 1 aromatic rings. The number of rotatable bonds is 7. The van der Waals surface area contributed by atoms with Crippen LogP contribution in [0.1, 0.15) is 43.7 Å². The highest BCUT2D eigenvalue weighted by molar-refractivity contribution is 5.32. The molecule has 0 aromatic heterocycles. The van der Waals surface area contributed by atoms with Crippen LogP contribution in [0.5, 0.6) is 0 Å². The summed E-state index contributed by atoms with van der Waals surface area (Å²) < 4.78 is 0. The second kappa shape index (κ2) is 6.81. The Labute approximate surface area is 115 Å². The Hall–Kier alpha value is -1.99. The number of hydrogen-bond acceptors (Lipinski definition) is 1. The summed E-state index contributed by atoms with van der Waals surface area (Å²) in [4.78, 5) is 3.03. The van der Waals surface area contributed by atoms with Crippen molar-refractivity contribution in [3.05, 3.63) is 71.1 Å². The van der Waals surface area contributed by atoms with E-state index in [1.54, 1.807) is 12.2 Å². The molecule has 0 spiro atoms. The van der Waals surface area contributed by atoms with Gasteiger partial charge in [-0.2, -0.15) is 0 Å². The van der Waals surface area contributed by atoms with Crippen molar-refractivity contribution in [2.24, 2.45) is 5.11 Å². The standard InChI is InChI=1S/C16H21N3/c1-5-10-16(11-6-2,18-19-17)15-9-7-8-14(12-15)13(3)4/h5-9,12-13H,1-2,10-11H2,3-4H3. The first-order valence-corrected chi connectivity index (χ1v) is 6.48. The van der Waals surface area contributed by atoms with E-state index in [0.717, 1.165) is 5.56 Å². The monoisotopic (exact) mass is 255 g/mol. The second-order valence-corrected chi connectivity index (χ2v) is 4.99. The molecule has 0 saturated carbocycles. The van der Waals surface area contributed by atoms with E-state index < -0.39 is 5.54 Å². The topological polar surface area (TPSA) is 48.8 Å². The Balaban J connectivity index is 3.37. The van der Waals surface area contributed by atoms with Crippen LogP contribution in [0.2, 0.25) is 0 Å². The van der Waals surface area contributed by atoms with Crippen LogP contribution in [-0.2, 0) is 5.54 Å². The first kappa shape index (κ1) is 15.1. The highest BCUT2D eigenvalue weighted by Crippen LogP contribution is 2.35. The van der Waals surface area contributed by atoms with Crippen LogP contribution < -0.4 is 0 Å². The predicted molar refractivity (Wildman–Crippen MR) is 81.0 cm³/mol. The van der Waals surface area contributed by atoms with E-state index in [-0.39, 0.29) is 0 Å². The van der Waals surface area contributed by atoms with Crippen LogP contribution in [0.15, 0.2) is 54.7 Å². The molecule has 0 radical (unpaired) electrons. The largest absolute Gasteiger partial charge is 0.103 e. The van der Waals surface area contributed by atoms with Crippen molar-refractivity contribution >= 4 is 0 Å². The molecule has 19 heavy (non-hydrogen) atoms. The van der Waals surface area contributed by atoms with Crippen LogP contribution in [0.25, 0.3) is 10.4 Å². The summed E-state index contributed by atoms with van der Waals surface area (Å²) in [6.07, 6.45) is 4.79. The molecule has 3 heteroatoms. The fourth-order valence-corrected chi connectivity index (χ4v) is 2.21. The predicted octanol–water partition coefficient (Wildman–Crippen LogP) is 5.47. The van der Waals surface area contributed by atoms with Crippen molar-refractivity contribution in [1.29, 1.82) is 0 Å². The molecule has 3 nitrogen and oxygen atoms in total. The van der Waals surface area contributed by atoms with Crippen molar-refractivity contribution in [2.75, 3.05) is 0 Å². The van der Waals surface area contributed by atoms with Crippen molar-refractivity contribution in [3.63, 3.8) is 0 Å². The Morgan fingerprint density at radius 2 is 1.95 bits per heavy atom. The highest BCUT2D eigenvalue weighted by atomic mass is 15.2. The van der Waals surface area contributed by atoms with Crippen molar-refractivity contribution in [3.8, 4) is 0 Å². The number of azide groups is 1. The van der Waals surface area contributed by atoms with Gasteiger partial charge < -0.3 is 0 Å². The van der Waals surface area contributed by atoms with Gasteiger partial charge in [-0.05, 0) is 35.4 Å². The number of hydrogen-bond donors (Lipinski definition) is 0. The normalized spacial score (nSPS) is 10.9. The van der Waals surface area contributed by atoms with E-state index in [1.165, 1.54) is 5.56 Å². The molecule has 100 valence electrons. The third-order valence-corrected chi connectivity index (χ3v) is 3.29. The second-order valence-electron chi connectivity index (χ2n) is 4.99. The molecule has 0 heterocycles. The molecule has 0 aliphatic rings. The van der Waals surface area contributed by atoms with Crippen molar-refractivity contribution in [1.82, 2.24) is 0 Å². The molecule has 0 saturated heterocycles. The zero-order chi connectivity index (χ0) is 14.3. The fourth-order valence-electron chi connectivity index (χ4n) is 2.21. The molecule has 0 amide bonds. The Morgan fingerprint density at radius 3 is 2.42 bits per heavy atom. The first-order valence-electron chi connectivity index (χ1n) is 6.48. The molecule has 0 aliphatic heterocycles. The summed E-state index contributed by atoms with van der Waals surface area (Å²) in [6.45, 7) is 11.8. The molecule has 0 N–H and O–H groups in total. The molecule has 0 unspecified atom stereocenters. The summed E-state index contributed by atoms with van der Waals surface area (Å²) in [5, 5.41) is 4.04. The lowest BCUT2D eigenvalue weighted by atomic mass is 9.83. The minimum atomic E-state index is -0.608. The molecule has 0 atom stereocenters. The van der Waals surface area contributed by atoms with E-state index >= 15 is 0 Å². The minimum absolute atomic E-state index is 0.441.